The van der Waals surface area contributed by atoms with Crippen LogP contribution < -0.4 is 0 Å². The number of hydrogen-bond acceptors (Lipinski definition) is 2. The van der Waals surface area contributed by atoms with Crippen molar-refractivity contribution < 1.29 is 9.90 Å². The first-order valence-corrected chi connectivity index (χ1v) is 4.47. The molecule has 0 amide bonds. The fraction of sp³-hybridized carbons (Fsp3) is 0.889. The molecule has 62 valence electrons. The molecule has 0 aromatic carbocycles. The number of aliphatic hydroxyl groups is 1. The number of carbonyl (C=O) groups excluding carboxylic acids is 1. The van der Waals surface area contributed by atoms with Crippen molar-refractivity contribution in [2.75, 3.05) is 0 Å². The summed E-state index contributed by atoms with van der Waals surface area (Å²) in [7, 11) is 0. The lowest BCUT2D eigenvalue weighted by Gasteiger charge is -2.33. The van der Waals surface area contributed by atoms with E-state index >= 15 is 0 Å². The molecule has 2 fully saturated rings. The summed E-state index contributed by atoms with van der Waals surface area (Å²) in [6, 6.07) is 0. The Bertz CT molecular complexity index is 188. The minimum atomic E-state index is -0.588. The van der Waals surface area contributed by atoms with Crippen LogP contribution in [-0.4, -0.2) is 16.5 Å². The molecule has 1 N–H and O–H groups in total. The third-order valence-corrected chi connectivity index (χ3v) is 3.19. The van der Waals surface area contributed by atoms with Gasteiger partial charge in [0.05, 0.1) is 5.60 Å². The van der Waals surface area contributed by atoms with Crippen LogP contribution in [0.25, 0.3) is 0 Å². The molecule has 2 nitrogen and oxygen atoms in total. The molecule has 0 bridgehead atoms. The number of hydrogen-bond donors (Lipinski definition) is 1. The van der Waals surface area contributed by atoms with E-state index in [0.29, 0.717) is 12.2 Å². The summed E-state index contributed by atoms with van der Waals surface area (Å²) in [4.78, 5) is 11.3. The highest BCUT2D eigenvalue weighted by Crippen LogP contribution is 2.43. The summed E-state index contributed by atoms with van der Waals surface area (Å²) in [6.07, 6.45) is 5.33. The first-order valence-electron chi connectivity index (χ1n) is 4.47. The van der Waals surface area contributed by atoms with E-state index < -0.39 is 5.60 Å². The van der Waals surface area contributed by atoms with Gasteiger partial charge in [0, 0.05) is 12.3 Å². The van der Waals surface area contributed by atoms with Crippen LogP contribution in [-0.2, 0) is 4.79 Å². The lowest BCUT2D eigenvalue weighted by Crippen LogP contribution is -2.38. The van der Waals surface area contributed by atoms with E-state index in [1.54, 1.807) is 0 Å². The Labute approximate surface area is 66.6 Å². The number of fused-ring (bicyclic) bond motifs is 1. The van der Waals surface area contributed by atoms with Gasteiger partial charge in [0.15, 0.2) is 0 Å². The second-order valence-corrected chi connectivity index (χ2v) is 3.87. The van der Waals surface area contributed by atoms with Crippen molar-refractivity contribution in [2.24, 2.45) is 5.92 Å². The van der Waals surface area contributed by atoms with Crippen LogP contribution in [0.5, 0.6) is 0 Å². The van der Waals surface area contributed by atoms with Crippen LogP contribution in [0.15, 0.2) is 0 Å². The van der Waals surface area contributed by atoms with Crippen molar-refractivity contribution in [3.63, 3.8) is 0 Å². The third kappa shape index (κ3) is 1.00. The van der Waals surface area contributed by atoms with Gasteiger partial charge in [-0.25, -0.2) is 0 Å². The first kappa shape index (κ1) is 7.29. The molecule has 0 spiro atoms. The predicted molar refractivity (Wildman–Crippen MR) is 41.1 cm³/mol. The molecule has 0 heterocycles. The maximum Gasteiger partial charge on any atom is 0.138 e. The average Bonchev–Trinajstić information content (AvgIpc) is 2.29. The minimum absolute atomic E-state index is 0.00347. The Balaban J connectivity index is 2.21. The highest BCUT2D eigenvalue weighted by Gasteiger charge is 2.47. The van der Waals surface area contributed by atoms with E-state index in [1.807, 2.05) is 0 Å². The Kier molecular flexibility index (Phi) is 1.53. The highest BCUT2D eigenvalue weighted by molar-refractivity contribution is 5.84. The molecule has 2 saturated carbocycles. The molecule has 11 heavy (non-hydrogen) atoms. The zero-order valence-corrected chi connectivity index (χ0v) is 6.68. The predicted octanol–water partition coefficient (Wildman–Crippen LogP) is 1.27. The Morgan fingerprint density at radius 3 is 2.91 bits per heavy atom. The van der Waals surface area contributed by atoms with Crippen molar-refractivity contribution in [1.29, 1.82) is 0 Å². The standard InChI is InChI=1S/C9H14O2/c10-8-4-6-9(11)5-2-1-3-7(8)9/h7,11H,1-6H2. The molecule has 2 unspecified atom stereocenters. The molecule has 2 aliphatic rings. The topological polar surface area (TPSA) is 37.3 Å². The monoisotopic (exact) mass is 154 g/mol. The van der Waals surface area contributed by atoms with Gasteiger partial charge < -0.3 is 5.11 Å². The van der Waals surface area contributed by atoms with Crippen molar-refractivity contribution in [3.05, 3.63) is 0 Å². The summed E-state index contributed by atoms with van der Waals surface area (Å²) >= 11 is 0. The van der Waals surface area contributed by atoms with Gasteiger partial charge >= 0.3 is 0 Å². The van der Waals surface area contributed by atoms with Gasteiger partial charge in [-0.05, 0) is 19.3 Å². The van der Waals surface area contributed by atoms with Crippen molar-refractivity contribution >= 4 is 5.78 Å². The molecule has 0 radical (unpaired) electrons. The van der Waals surface area contributed by atoms with Crippen LogP contribution in [0.3, 0.4) is 0 Å². The van der Waals surface area contributed by atoms with E-state index in [9.17, 15) is 9.90 Å². The largest absolute Gasteiger partial charge is 0.389 e. The normalized spacial score (nSPS) is 44.1. The summed E-state index contributed by atoms with van der Waals surface area (Å²) in [6.45, 7) is 0. The molecule has 0 aromatic heterocycles. The number of carbonyl (C=O) groups is 1. The number of Topliss-reactive ketones (excluding diaryl/α,β-unsaturated/α-hetero) is 1. The summed E-state index contributed by atoms with van der Waals surface area (Å²) in [5.41, 5.74) is -0.588. The average molecular weight is 154 g/mol. The maximum atomic E-state index is 11.3. The smallest absolute Gasteiger partial charge is 0.138 e. The SMILES string of the molecule is O=C1CCC2(O)CCCCC12. The van der Waals surface area contributed by atoms with Gasteiger partial charge in [0.1, 0.15) is 5.78 Å². The van der Waals surface area contributed by atoms with E-state index in [-0.39, 0.29) is 5.92 Å². The quantitative estimate of drug-likeness (QED) is 0.570. The zero-order chi connectivity index (χ0) is 7.90. The van der Waals surface area contributed by atoms with Crippen LogP contribution in [0.1, 0.15) is 38.5 Å². The maximum absolute atomic E-state index is 11.3. The van der Waals surface area contributed by atoms with Gasteiger partial charge in [-0.3, -0.25) is 4.79 Å². The summed E-state index contributed by atoms with van der Waals surface area (Å²) in [5.74, 6) is 0.295. The van der Waals surface area contributed by atoms with Crippen LogP contribution >= 0.6 is 0 Å². The lowest BCUT2D eigenvalue weighted by molar-refractivity contribution is -0.126. The fourth-order valence-corrected chi connectivity index (χ4v) is 2.50. The van der Waals surface area contributed by atoms with E-state index in [2.05, 4.69) is 0 Å². The third-order valence-electron chi connectivity index (χ3n) is 3.19. The molecular weight excluding hydrogens is 140 g/mol. The Morgan fingerprint density at radius 2 is 2.18 bits per heavy atom. The summed E-state index contributed by atoms with van der Waals surface area (Å²) < 4.78 is 0. The molecule has 0 aromatic rings. The molecule has 2 atom stereocenters. The van der Waals surface area contributed by atoms with Crippen molar-refractivity contribution in [3.8, 4) is 0 Å². The van der Waals surface area contributed by atoms with Gasteiger partial charge in [-0.15, -0.1) is 0 Å². The Hall–Kier alpha value is -0.370. The molecule has 2 rings (SSSR count). The zero-order valence-electron chi connectivity index (χ0n) is 6.68. The molecule has 2 aliphatic carbocycles. The fourth-order valence-electron chi connectivity index (χ4n) is 2.50. The van der Waals surface area contributed by atoms with Gasteiger partial charge in [-0.1, -0.05) is 12.8 Å². The van der Waals surface area contributed by atoms with Crippen LogP contribution in [0, 0.1) is 5.92 Å². The van der Waals surface area contributed by atoms with Crippen molar-refractivity contribution in [1.82, 2.24) is 0 Å². The van der Waals surface area contributed by atoms with Gasteiger partial charge in [0.2, 0.25) is 0 Å². The van der Waals surface area contributed by atoms with E-state index in [4.69, 9.17) is 0 Å². The van der Waals surface area contributed by atoms with Crippen LogP contribution in [0.4, 0.5) is 0 Å². The number of ketones is 1. The lowest BCUT2D eigenvalue weighted by atomic mass is 9.77. The van der Waals surface area contributed by atoms with E-state index in [0.717, 1.165) is 32.1 Å². The molecule has 0 aliphatic heterocycles. The van der Waals surface area contributed by atoms with Gasteiger partial charge in [-0.2, -0.15) is 0 Å². The first-order chi connectivity index (χ1) is 5.22. The van der Waals surface area contributed by atoms with Crippen molar-refractivity contribution in [2.45, 2.75) is 44.1 Å². The summed E-state index contributed by atoms with van der Waals surface area (Å²) in [5, 5.41) is 9.96. The van der Waals surface area contributed by atoms with Gasteiger partial charge in [0.25, 0.3) is 0 Å². The minimum Gasteiger partial charge on any atom is -0.389 e. The Morgan fingerprint density at radius 1 is 1.36 bits per heavy atom. The number of rotatable bonds is 0. The molecule has 0 saturated heterocycles. The second-order valence-electron chi connectivity index (χ2n) is 3.87. The van der Waals surface area contributed by atoms with Crippen LogP contribution in [0.2, 0.25) is 0 Å². The molecular formula is C9H14O2. The molecule has 2 heteroatoms. The second kappa shape index (κ2) is 2.31. The van der Waals surface area contributed by atoms with E-state index in [1.165, 1.54) is 0 Å². The highest BCUT2D eigenvalue weighted by atomic mass is 16.3.